The molecule has 1 fully saturated rings. The van der Waals surface area contributed by atoms with E-state index in [0.29, 0.717) is 16.7 Å². The number of carbonyl (C=O) groups excluding carboxylic acids is 1. The average Bonchev–Trinajstić information content (AvgIpc) is 2.98. The van der Waals surface area contributed by atoms with E-state index in [1.54, 1.807) is 11.3 Å². The molecule has 28 heavy (non-hydrogen) atoms. The number of anilines is 1. The number of hydrogen-bond acceptors (Lipinski definition) is 4. The van der Waals surface area contributed by atoms with Gasteiger partial charge in [0.2, 0.25) is 0 Å². The number of esters is 1. The first-order chi connectivity index (χ1) is 13.6. The van der Waals surface area contributed by atoms with Crippen molar-refractivity contribution in [2.75, 3.05) is 12.4 Å². The van der Waals surface area contributed by atoms with Gasteiger partial charge in [0.25, 0.3) is 0 Å². The number of carbonyl (C=O) groups is 1. The third-order valence-corrected chi connectivity index (χ3v) is 6.90. The van der Waals surface area contributed by atoms with Crippen molar-refractivity contribution in [3.8, 4) is 0 Å². The maximum absolute atomic E-state index is 12.3. The van der Waals surface area contributed by atoms with Gasteiger partial charge < -0.3 is 15.4 Å². The molecule has 0 aromatic carbocycles. The van der Waals surface area contributed by atoms with Crippen LogP contribution in [0.1, 0.15) is 98.4 Å². The minimum Gasteiger partial charge on any atom is -0.465 e. The standard InChI is InChI=1S/C22H36N2O2S2/c1-4-18-16(2)28-20(19(18)21(25)26-3)24-22(27)23-17-14-12-10-8-6-5-7-9-11-13-15-17/h17H,4-15H2,1-3H3,(H2,23,24,27). The van der Waals surface area contributed by atoms with Gasteiger partial charge in [0.05, 0.1) is 12.7 Å². The van der Waals surface area contributed by atoms with Crippen LogP contribution in [0.15, 0.2) is 0 Å². The third-order valence-electron chi connectivity index (χ3n) is 5.62. The zero-order valence-corrected chi connectivity index (χ0v) is 19.3. The van der Waals surface area contributed by atoms with Crippen molar-refractivity contribution < 1.29 is 9.53 Å². The van der Waals surface area contributed by atoms with Gasteiger partial charge in [-0.15, -0.1) is 11.3 Å². The predicted molar refractivity (Wildman–Crippen MR) is 124 cm³/mol. The molecule has 1 heterocycles. The minimum atomic E-state index is -0.294. The maximum atomic E-state index is 12.3. The number of thiocarbonyl (C=S) groups is 1. The molecule has 1 aromatic heterocycles. The molecule has 1 aromatic rings. The minimum absolute atomic E-state index is 0.294. The highest BCUT2D eigenvalue weighted by atomic mass is 32.1. The van der Waals surface area contributed by atoms with Crippen LogP contribution in [0.4, 0.5) is 5.00 Å². The number of aryl methyl sites for hydroxylation is 1. The fraction of sp³-hybridized carbons (Fsp3) is 0.727. The lowest BCUT2D eigenvalue weighted by molar-refractivity contribution is 0.0601. The highest BCUT2D eigenvalue weighted by molar-refractivity contribution is 7.80. The summed E-state index contributed by atoms with van der Waals surface area (Å²) in [6.07, 6.45) is 15.1. The van der Waals surface area contributed by atoms with Crippen LogP contribution in [0.3, 0.4) is 0 Å². The molecule has 0 atom stereocenters. The third kappa shape index (κ3) is 7.03. The Hall–Kier alpha value is -1.14. The van der Waals surface area contributed by atoms with Gasteiger partial charge in [-0.25, -0.2) is 4.79 Å². The van der Waals surface area contributed by atoms with Crippen molar-refractivity contribution in [3.63, 3.8) is 0 Å². The first-order valence-corrected chi connectivity index (χ1v) is 12.1. The lowest BCUT2D eigenvalue weighted by Crippen LogP contribution is -2.38. The van der Waals surface area contributed by atoms with Crippen LogP contribution in [-0.4, -0.2) is 24.2 Å². The van der Waals surface area contributed by atoms with Crippen molar-refractivity contribution in [1.29, 1.82) is 0 Å². The number of ether oxygens (including phenoxy) is 1. The Balaban J connectivity index is 2.00. The summed E-state index contributed by atoms with van der Waals surface area (Å²) >= 11 is 7.19. The van der Waals surface area contributed by atoms with Crippen LogP contribution in [-0.2, 0) is 11.2 Å². The Kier molecular flexibility index (Phi) is 10.3. The zero-order chi connectivity index (χ0) is 20.4. The summed E-state index contributed by atoms with van der Waals surface area (Å²) in [6.45, 7) is 4.11. The Labute approximate surface area is 179 Å². The summed E-state index contributed by atoms with van der Waals surface area (Å²) in [4.78, 5) is 13.4. The molecule has 1 aliphatic carbocycles. The largest absolute Gasteiger partial charge is 0.465 e. The Morgan fingerprint density at radius 3 is 2.11 bits per heavy atom. The molecule has 0 amide bonds. The molecule has 1 aliphatic rings. The summed E-state index contributed by atoms with van der Waals surface area (Å²) in [7, 11) is 1.43. The van der Waals surface area contributed by atoms with E-state index >= 15 is 0 Å². The molecule has 1 saturated carbocycles. The van der Waals surface area contributed by atoms with E-state index in [0.717, 1.165) is 34.7 Å². The predicted octanol–water partition coefficient (Wildman–Crippen LogP) is 6.37. The first kappa shape index (κ1) is 23.1. The maximum Gasteiger partial charge on any atom is 0.341 e. The van der Waals surface area contributed by atoms with Crippen LogP contribution in [0.2, 0.25) is 0 Å². The SMILES string of the molecule is CCc1c(C)sc(NC(=S)NC2CCCCCCCCCCC2)c1C(=O)OC. The number of thiophene rings is 1. The monoisotopic (exact) mass is 424 g/mol. The van der Waals surface area contributed by atoms with Crippen LogP contribution in [0.25, 0.3) is 0 Å². The lowest BCUT2D eigenvalue weighted by Gasteiger charge is -2.21. The van der Waals surface area contributed by atoms with Crippen molar-refractivity contribution in [2.45, 2.75) is 96.9 Å². The van der Waals surface area contributed by atoms with Crippen LogP contribution < -0.4 is 10.6 Å². The van der Waals surface area contributed by atoms with Crippen LogP contribution in [0, 0.1) is 6.92 Å². The van der Waals surface area contributed by atoms with Gasteiger partial charge in [0.1, 0.15) is 5.00 Å². The Bertz CT molecular complexity index is 631. The Morgan fingerprint density at radius 1 is 1.07 bits per heavy atom. The molecule has 6 heteroatoms. The molecule has 2 N–H and O–H groups in total. The number of nitrogens with one attached hydrogen (secondary N) is 2. The van der Waals surface area contributed by atoms with Gasteiger partial charge >= 0.3 is 5.97 Å². The molecular weight excluding hydrogens is 388 g/mol. The molecule has 2 rings (SSSR count). The van der Waals surface area contributed by atoms with Crippen LogP contribution >= 0.6 is 23.6 Å². The first-order valence-electron chi connectivity index (χ1n) is 10.8. The lowest BCUT2D eigenvalue weighted by atomic mass is 9.98. The molecule has 0 saturated heterocycles. The second kappa shape index (κ2) is 12.4. The summed E-state index contributed by atoms with van der Waals surface area (Å²) in [6, 6.07) is 0.410. The fourth-order valence-corrected chi connectivity index (χ4v) is 5.51. The van der Waals surface area contributed by atoms with E-state index < -0.39 is 0 Å². The fourth-order valence-electron chi connectivity index (χ4n) is 4.04. The van der Waals surface area contributed by atoms with Gasteiger partial charge in [0, 0.05) is 10.9 Å². The van der Waals surface area contributed by atoms with Crippen LogP contribution in [0.5, 0.6) is 0 Å². The van der Waals surface area contributed by atoms with Gasteiger partial charge in [0.15, 0.2) is 5.11 Å². The topological polar surface area (TPSA) is 50.4 Å². The molecule has 0 spiro atoms. The zero-order valence-electron chi connectivity index (χ0n) is 17.7. The summed E-state index contributed by atoms with van der Waals surface area (Å²) in [5.41, 5.74) is 1.68. The second-order valence-corrected chi connectivity index (χ2v) is 9.37. The number of rotatable bonds is 4. The number of hydrogen-bond donors (Lipinski definition) is 2. The molecule has 0 unspecified atom stereocenters. The van der Waals surface area contributed by atoms with E-state index in [4.69, 9.17) is 17.0 Å². The molecular formula is C22H36N2O2S2. The van der Waals surface area contributed by atoms with Crippen molar-refractivity contribution in [1.82, 2.24) is 5.32 Å². The molecule has 158 valence electrons. The normalized spacial score (nSPS) is 17.2. The smallest absolute Gasteiger partial charge is 0.341 e. The van der Waals surface area contributed by atoms with E-state index in [2.05, 4.69) is 17.6 Å². The van der Waals surface area contributed by atoms with E-state index in [1.165, 1.54) is 64.9 Å². The van der Waals surface area contributed by atoms with Gasteiger partial charge in [-0.2, -0.15) is 0 Å². The highest BCUT2D eigenvalue weighted by Gasteiger charge is 2.22. The summed E-state index contributed by atoms with van der Waals surface area (Å²) in [5.74, 6) is -0.294. The van der Waals surface area contributed by atoms with E-state index in [9.17, 15) is 4.79 Å². The molecule has 0 bridgehead atoms. The number of methoxy groups -OCH3 is 1. The van der Waals surface area contributed by atoms with E-state index in [1.807, 2.05) is 6.92 Å². The van der Waals surface area contributed by atoms with Gasteiger partial charge in [-0.3, -0.25) is 0 Å². The summed E-state index contributed by atoms with van der Waals surface area (Å²) in [5, 5.41) is 8.23. The van der Waals surface area contributed by atoms with E-state index in [-0.39, 0.29) is 5.97 Å². The highest BCUT2D eigenvalue weighted by Crippen LogP contribution is 2.34. The van der Waals surface area contributed by atoms with Crippen molar-refractivity contribution >= 4 is 39.6 Å². The van der Waals surface area contributed by atoms with Crippen molar-refractivity contribution in [3.05, 3.63) is 16.0 Å². The van der Waals surface area contributed by atoms with Gasteiger partial charge in [-0.1, -0.05) is 64.7 Å². The quantitative estimate of drug-likeness (QED) is 0.435. The van der Waals surface area contributed by atoms with Gasteiger partial charge in [-0.05, 0) is 44.0 Å². The average molecular weight is 425 g/mol. The Morgan fingerprint density at radius 2 is 1.61 bits per heavy atom. The molecule has 0 aliphatic heterocycles. The molecule has 0 radical (unpaired) electrons. The van der Waals surface area contributed by atoms with Crippen molar-refractivity contribution in [2.24, 2.45) is 0 Å². The summed E-state index contributed by atoms with van der Waals surface area (Å²) < 4.78 is 5.01. The second-order valence-electron chi connectivity index (χ2n) is 7.74. The molecule has 4 nitrogen and oxygen atoms in total.